The van der Waals surface area contributed by atoms with E-state index in [1.807, 2.05) is 0 Å². The molecular weight excluding hydrogens is 462 g/mol. The second-order valence-corrected chi connectivity index (χ2v) is 8.36. The molecule has 0 amide bonds. The lowest BCUT2D eigenvalue weighted by Gasteiger charge is -2.12. The van der Waals surface area contributed by atoms with Gasteiger partial charge in [0.05, 0.1) is 21.7 Å². The number of rotatable bonds is 8. The summed E-state index contributed by atoms with van der Waals surface area (Å²) >= 11 is 5.80. The molecule has 3 aromatic carbocycles. The van der Waals surface area contributed by atoms with Crippen molar-refractivity contribution in [3.8, 4) is 0 Å². The molecule has 0 saturated heterocycles. The number of nitro benzene ring substituents is 2. The Morgan fingerprint density at radius 3 is 2.22 bits per heavy atom. The van der Waals surface area contributed by atoms with Crippen molar-refractivity contribution < 1.29 is 18.3 Å². The van der Waals surface area contributed by atoms with Gasteiger partial charge < -0.3 is 0 Å². The van der Waals surface area contributed by atoms with E-state index < -0.39 is 30.5 Å². The van der Waals surface area contributed by atoms with E-state index in [1.165, 1.54) is 54.7 Å². The highest BCUT2D eigenvalue weighted by Crippen LogP contribution is 2.28. The van der Waals surface area contributed by atoms with E-state index in [0.717, 1.165) is 12.1 Å². The molecule has 0 heterocycles. The summed E-state index contributed by atoms with van der Waals surface area (Å²) in [5, 5.41) is 26.3. The van der Waals surface area contributed by atoms with Crippen molar-refractivity contribution >= 4 is 50.6 Å². The van der Waals surface area contributed by atoms with Crippen molar-refractivity contribution in [2.75, 3.05) is 10.1 Å². The SMILES string of the molecule is O=[N+]([O-])c1cccc(C=NNc2ccc([N+](=O)[O-])cc2S(=O)(=O)Nc2ccc(Cl)cc2)c1. The Kier molecular flexibility index (Phi) is 6.66. The average molecular weight is 476 g/mol. The van der Waals surface area contributed by atoms with E-state index in [4.69, 9.17) is 11.6 Å². The Morgan fingerprint density at radius 2 is 1.56 bits per heavy atom. The summed E-state index contributed by atoms with van der Waals surface area (Å²) in [5.41, 5.74) is 2.48. The molecule has 0 atom stereocenters. The van der Waals surface area contributed by atoms with Crippen molar-refractivity contribution in [3.63, 3.8) is 0 Å². The van der Waals surface area contributed by atoms with Crippen molar-refractivity contribution in [1.29, 1.82) is 0 Å². The van der Waals surface area contributed by atoms with Crippen LogP contribution in [0.2, 0.25) is 5.02 Å². The standard InChI is InChI=1S/C19H14ClN5O6S/c20-14-4-6-15(7-5-14)23-32(30,31)19-11-17(25(28)29)8-9-18(19)22-21-12-13-2-1-3-16(10-13)24(26)27/h1-12,22-23H. The van der Waals surface area contributed by atoms with Gasteiger partial charge in [-0.3, -0.25) is 30.4 Å². The first-order chi connectivity index (χ1) is 15.2. The number of halogens is 1. The molecule has 0 radical (unpaired) electrons. The third kappa shape index (κ3) is 5.56. The quantitative estimate of drug-likeness (QED) is 0.277. The lowest BCUT2D eigenvalue weighted by atomic mass is 10.2. The molecule has 0 aliphatic carbocycles. The number of anilines is 2. The molecule has 0 bridgehead atoms. The third-order valence-electron chi connectivity index (χ3n) is 4.04. The fourth-order valence-electron chi connectivity index (χ4n) is 2.56. The van der Waals surface area contributed by atoms with Crippen LogP contribution in [0.1, 0.15) is 5.56 Å². The van der Waals surface area contributed by atoms with Gasteiger partial charge in [0.2, 0.25) is 0 Å². The van der Waals surface area contributed by atoms with E-state index in [9.17, 15) is 28.6 Å². The van der Waals surface area contributed by atoms with Gasteiger partial charge in [0.15, 0.2) is 0 Å². The Labute approximate surface area is 186 Å². The number of nitro groups is 2. The smallest absolute Gasteiger partial charge is 0.270 e. The zero-order valence-electron chi connectivity index (χ0n) is 16.0. The van der Waals surface area contributed by atoms with Gasteiger partial charge in [-0.2, -0.15) is 5.10 Å². The largest absolute Gasteiger partial charge is 0.280 e. The number of nitrogens with zero attached hydrogens (tertiary/aromatic N) is 3. The van der Waals surface area contributed by atoms with Crippen LogP contribution in [-0.2, 0) is 10.0 Å². The fourth-order valence-corrected chi connectivity index (χ4v) is 3.92. The van der Waals surface area contributed by atoms with Gasteiger partial charge >= 0.3 is 0 Å². The number of non-ortho nitro benzene ring substituents is 2. The van der Waals surface area contributed by atoms with Crippen LogP contribution < -0.4 is 10.1 Å². The molecule has 32 heavy (non-hydrogen) atoms. The maximum Gasteiger partial charge on any atom is 0.270 e. The molecule has 0 saturated carbocycles. The van der Waals surface area contributed by atoms with Crippen LogP contribution in [0.5, 0.6) is 0 Å². The Balaban J connectivity index is 1.92. The first kappa shape index (κ1) is 22.7. The summed E-state index contributed by atoms with van der Waals surface area (Å²) in [5.74, 6) is 0. The molecule has 3 rings (SSSR count). The zero-order chi connectivity index (χ0) is 23.3. The average Bonchev–Trinajstić information content (AvgIpc) is 2.75. The lowest BCUT2D eigenvalue weighted by Crippen LogP contribution is -2.15. The Bertz CT molecular complexity index is 1310. The van der Waals surface area contributed by atoms with Crippen LogP contribution in [0.4, 0.5) is 22.7 Å². The van der Waals surface area contributed by atoms with Gasteiger partial charge in [-0.25, -0.2) is 8.42 Å². The van der Waals surface area contributed by atoms with E-state index in [-0.39, 0.29) is 17.1 Å². The van der Waals surface area contributed by atoms with Crippen molar-refractivity contribution in [3.05, 3.63) is 97.5 Å². The van der Waals surface area contributed by atoms with E-state index in [2.05, 4.69) is 15.2 Å². The number of nitrogens with one attached hydrogen (secondary N) is 2. The van der Waals surface area contributed by atoms with Crippen LogP contribution in [0.15, 0.2) is 76.7 Å². The highest BCUT2D eigenvalue weighted by molar-refractivity contribution is 7.92. The molecule has 0 aliphatic heterocycles. The molecule has 0 aromatic heterocycles. The van der Waals surface area contributed by atoms with Gasteiger partial charge in [0.25, 0.3) is 21.4 Å². The first-order valence-electron chi connectivity index (χ1n) is 8.76. The van der Waals surface area contributed by atoms with Gasteiger partial charge in [-0.1, -0.05) is 23.7 Å². The van der Waals surface area contributed by atoms with Crippen LogP contribution in [0.3, 0.4) is 0 Å². The fraction of sp³-hybridized carbons (Fsp3) is 0. The summed E-state index contributed by atoms with van der Waals surface area (Å²) in [7, 11) is -4.25. The number of sulfonamides is 1. The second-order valence-electron chi connectivity index (χ2n) is 6.27. The number of hydrazone groups is 1. The monoisotopic (exact) mass is 475 g/mol. The minimum absolute atomic E-state index is 0.0428. The molecule has 13 heteroatoms. The van der Waals surface area contributed by atoms with Crippen molar-refractivity contribution in [1.82, 2.24) is 0 Å². The topological polar surface area (TPSA) is 157 Å². The van der Waals surface area contributed by atoms with E-state index in [1.54, 1.807) is 6.07 Å². The predicted octanol–water partition coefficient (Wildman–Crippen LogP) is 4.40. The minimum Gasteiger partial charge on any atom is -0.280 e. The van der Waals surface area contributed by atoms with Gasteiger partial charge in [0.1, 0.15) is 4.90 Å². The maximum atomic E-state index is 12.9. The highest BCUT2D eigenvalue weighted by Gasteiger charge is 2.22. The van der Waals surface area contributed by atoms with E-state index >= 15 is 0 Å². The van der Waals surface area contributed by atoms with Gasteiger partial charge in [-0.05, 0) is 30.3 Å². The number of hydrogen-bond donors (Lipinski definition) is 2. The van der Waals surface area contributed by atoms with E-state index in [0.29, 0.717) is 10.6 Å². The molecule has 0 unspecified atom stereocenters. The third-order valence-corrected chi connectivity index (χ3v) is 5.71. The van der Waals surface area contributed by atoms with Gasteiger partial charge in [0, 0.05) is 40.5 Å². The summed E-state index contributed by atoms with van der Waals surface area (Å²) < 4.78 is 28.1. The number of hydrogen-bond acceptors (Lipinski definition) is 8. The summed E-state index contributed by atoms with van der Waals surface area (Å²) in [4.78, 5) is 20.3. The Morgan fingerprint density at radius 1 is 0.906 bits per heavy atom. The predicted molar refractivity (Wildman–Crippen MR) is 120 cm³/mol. The molecule has 2 N–H and O–H groups in total. The molecule has 3 aromatic rings. The maximum absolute atomic E-state index is 12.9. The zero-order valence-corrected chi connectivity index (χ0v) is 17.6. The molecule has 11 nitrogen and oxygen atoms in total. The first-order valence-corrected chi connectivity index (χ1v) is 10.6. The molecule has 0 spiro atoms. The highest BCUT2D eigenvalue weighted by atomic mass is 35.5. The minimum atomic E-state index is -4.25. The van der Waals surface area contributed by atoms with Crippen LogP contribution in [0.25, 0.3) is 0 Å². The van der Waals surface area contributed by atoms with Crippen LogP contribution in [0, 0.1) is 20.2 Å². The van der Waals surface area contributed by atoms with Crippen LogP contribution in [-0.4, -0.2) is 24.5 Å². The van der Waals surface area contributed by atoms with Gasteiger partial charge in [-0.15, -0.1) is 0 Å². The lowest BCUT2D eigenvalue weighted by molar-refractivity contribution is -0.385. The number of benzene rings is 3. The molecule has 0 aliphatic rings. The summed E-state index contributed by atoms with van der Waals surface area (Å²) in [6.45, 7) is 0. The Hall–Kier alpha value is -4.03. The normalized spacial score (nSPS) is 11.3. The van der Waals surface area contributed by atoms with Crippen molar-refractivity contribution in [2.45, 2.75) is 4.90 Å². The molecule has 0 fully saturated rings. The van der Waals surface area contributed by atoms with Crippen LogP contribution >= 0.6 is 11.6 Å². The molecular formula is C19H14ClN5O6S. The summed E-state index contributed by atoms with van der Waals surface area (Å²) in [6, 6.07) is 14.7. The summed E-state index contributed by atoms with van der Waals surface area (Å²) in [6.07, 6.45) is 1.25. The molecule has 164 valence electrons. The van der Waals surface area contributed by atoms with Crippen molar-refractivity contribution in [2.24, 2.45) is 5.10 Å². The second kappa shape index (κ2) is 9.41.